The van der Waals surface area contributed by atoms with Crippen molar-refractivity contribution < 1.29 is 5.11 Å². The van der Waals surface area contributed by atoms with Gasteiger partial charge in [0.1, 0.15) is 0 Å². The highest BCUT2D eigenvalue weighted by Crippen LogP contribution is 2.25. The van der Waals surface area contributed by atoms with E-state index in [9.17, 15) is 0 Å². The minimum atomic E-state index is -0.0453. The zero-order valence-corrected chi connectivity index (χ0v) is 8.82. The lowest BCUT2D eigenvalue weighted by Crippen LogP contribution is -1.95. The molecule has 1 nitrogen and oxygen atoms in total. The van der Waals surface area contributed by atoms with Crippen LogP contribution in [-0.4, -0.2) is 11.7 Å². The Bertz CT molecular complexity index is 233. The van der Waals surface area contributed by atoms with Crippen molar-refractivity contribution in [2.24, 2.45) is 0 Å². The van der Waals surface area contributed by atoms with Crippen molar-refractivity contribution in [3.8, 4) is 0 Å². The summed E-state index contributed by atoms with van der Waals surface area (Å²) in [6.45, 7) is 12.9. The fourth-order valence-electron chi connectivity index (χ4n) is 0.926. The second-order valence-corrected chi connectivity index (χ2v) is 3.40. The van der Waals surface area contributed by atoms with Gasteiger partial charge in [-0.2, -0.15) is 0 Å². The molecule has 0 unspecified atom stereocenters. The van der Waals surface area contributed by atoms with Crippen LogP contribution in [0.25, 0.3) is 0 Å². The first-order chi connectivity index (χ1) is 5.54. The van der Waals surface area contributed by atoms with Gasteiger partial charge in [-0.15, -0.1) is 0 Å². The van der Waals surface area contributed by atoms with Gasteiger partial charge in [0.15, 0.2) is 0 Å². The second-order valence-electron chi connectivity index (χ2n) is 2.45. The highest BCUT2D eigenvalue weighted by molar-refractivity contribution is 9.11. The molecule has 66 valence electrons. The second kappa shape index (κ2) is 5.12. The molecule has 0 rings (SSSR count). The fourth-order valence-corrected chi connectivity index (χ4v) is 1.52. The van der Waals surface area contributed by atoms with Crippen LogP contribution in [0.3, 0.4) is 0 Å². The molecule has 0 radical (unpaired) electrons. The Balaban J connectivity index is 5.17. The molecule has 0 heterocycles. The molecule has 0 aliphatic carbocycles. The lowest BCUT2D eigenvalue weighted by Gasteiger charge is -2.08. The summed E-state index contributed by atoms with van der Waals surface area (Å²) < 4.78 is 0.721. The van der Waals surface area contributed by atoms with Gasteiger partial charge in [-0.05, 0) is 23.6 Å². The third-order valence-corrected chi connectivity index (χ3v) is 1.83. The van der Waals surface area contributed by atoms with E-state index in [-0.39, 0.29) is 6.61 Å². The number of aliphatic hydroxyl groups is 1. The van der Waals surface area contributed by atoms with Crippen LogP contribution >= 0.6 is 15.9 Å². The van der Waals surface area contributed by atoms with Crippen molar-refractivity contribution in [2.45, 2.75) is 6.92 Å². The van der Waals surface area contributed by atoms with E-state index in [0.717, 1.165) is 21.2 Å². The smallest absolute Gasteiger partial charge is 0.0687 e. The number of rotatable bonds is 4. The number of allylic oxidation sites excluding steroid dienone is 3. The predicted molar refractivity (Wildman–Crippen MR) is 57.2 cm³/mol. The zero-order valence-electron chi connectivity index (χ0n) is 7.23. The van der Waals surface area contributed by atoms with Crippen molar-refractivity contribution in [2.75, 3.05) is 6.61 Å². The maximum absolute atomic E-state index is 8.96. The topological polar surface area (TPSA) is 20.2 Å². The van der Waals surface area contributed by atoms with Crippen LogP contribution < -0.4 is 0 Å². The van der Waals surface area contributed by atoms with E-state index in [0.29, 0.717) is 0 Å². The van der Waals surface area contributed by atoms with Crippen LogP contribution in [0, 0.1) is 0 Å². The van der Waals surface area contributed by atoms with Gasteiger partial charge < -0.3 is 5.11 Å². The van der Waals surface area contributed by atoms with E-state index < -0.39 is 0 Å². The first kappa shape index (κ1) is 11.4. The van der Waals surface area contributed by atoms with Crippen molar-refractivity contribution >= 4 is 15.9 Å². The van der Waals surface area contributed by atoms with Crippen LogP contribution in [0.5, 0.6) is 0 Å². The molecule has 0 saturated heterocycles. The Labute approximate surface area is 81.9 Å². The Morgan fingerprint density at radius 3 is 2.08 bits per heavy atom. The quantitative estimate of drug-likeness (QED) is 0.735. The summed E-state index contributed by atoms with van der Waals surface area (Å²) >= 11 is 3.25. The normalized spacial score (nSPS) is 11.9. The van der Waals surface area contributed by atoms with E-state index in [4.69, 9.17) is 5.11 Å². The molecular weight excluding hydrogens is 216 g/mol. The van der Waals surface area contributed by atoms with Gasteiger partial charge in [-0.1, -0.05) is 41.7 Å². The van der Waals surface area contributed by atoms with Crippen molar-refractivity contribution in [3.05, 3.63) is 47.0 Å². The van der Waals surface area contributed by atoms with E-state index in [1.807, 2.05) is 6.92 Å². The van der Waals surface area contributed by atoms with Crippen molar-refractivity contribution in [1.82, 2.24) is 0 Å². The molecular formula is C10H13BrO. The molecule has 0 bridgehead atoms. The minimum absolute atomic E-state index is 0.0453. The van der Waals surface area contributed by atoms with Gasteiger partial charge in [0.25, 0.3) is 0 Å². The zero-order chi connectivity index (χ0) is 9.72. The van der Waals surface area contributed by atoms with Gasteiger partial charge in [0, 0.05) is 4.48 Å². The van der Waals surface area contributed by atoms with E-state index in [2.05, 4.69) is 35.7 Å². The van der Waals surface area contributed by atoms with E-state index in [1.165, 1.54) is 0 Å². The molecule has 0 amide bonds. The fraction of sp³-hybridized carbons (Fsp3) is 0.200. The number of hydrogen-bond donors (Lipinski definition) is 1. The average molecular weight is 229 g/mol. The first-order valence-electron chi connectivity index (χ1n) is 3.51. The molecule has 0 aromatic carbocycles. The van der Waals surface area contributed by atoms with Gasteiger partial charge in [-0.25, -0.2) is 0 Å². The molecule has 0 fully saturated rings. The van der Waals surface area contributed by atoms with Gasteiger partial charge in [-0.3, -0.25) is 0 Å². The summed E-state index contributed by atoms with van der Waals surface area (Å²) in [5.74, 6) is 0. The SMILES string of the molecule is C=C/C(CO)=C(/C(=C)C)C(=C)Br. The molecule has 0 aliphatic rings. The summed E-state index contributed by atoms with van der Waals surface area (Å²) in [5, 5.41) is 8.96. The van der Waals surface area contributed by atoms with Crippen LogP contribution in [0.15, 0.2) is 47.0 Å². The van der Waals surface area contributed by atoms with Crippen LogP contribution in [0.2, 0.25) is 0 Å². The first-order valence-corrected chi connectivity index (χ1v) is 4.31. The lowest BCUT2D eigenvalue weighted by molar-refractivity contribution is 0.334. The highest BCUT2D eigenvalue weighted by atomic mass is 79.9. The molecule has 0 saturated carbocycles. The molecule has 2 heteroatoms. The van der Waals surface area contributed by atoms with Crippen LogP contribution in [-0.2, 0) is 0 Å². The maximum Gasteiger partial charge on any atom is 0.0687 e. The molecule has 12 heavy (non-hydrogen) atoms. The summed E-state index contributed by atoms with van der Waals surface area (Å²) in [7, 11) is 0. The monoisotopic (exact) mass is 228 g/mol. The van der Waals surface area contributed by atoms with Gasteiger partial charge >= 0.3 is 0 Å². The molecule has 0 aromatic rings. The summed E-state index contributed by atoms with van der Waals surface area (Å²) in [6.07, 6.45) is 1.61. The average Bonchev–Trinajstić information content (AvgIpc) is 1.98. The molecule has 0 atom stereocenters. The van der Waals surface area contributed by atoms with Crippen molar-refractivity contribution in [3.63, 3.8) is 0 Å². The van der Waals surface area contributed by atoms with Crippen LogP contribution in [0.1, 0.15) is 6.92 Å². The van der Waals surface area contributed by atoms with Gasteiger partial charge in [0.2, 0.25) is 0 Å². The summed E-state index contributed by atoms with van der Waals surface area (Å²) in [6, 6.07) is 0. The lowest BCUT2D eigenvalue weighted by atomic mass is 10.0. The highest BCUT2D eigenvalue weighted by Gasteiger charge is 2.05. The number of halogens is 1. The molecule has 0 aromatic heterocycles. The summed E-state index contributed by atoms with van der Waals surface area (Å²) in [4.78, 5) is 0. The largest absolute Gasteiger partial charge is 0.392 e. The minimum Gasteiger partial charge on any atom is -0.392 e. The van der Waals surface area contributed by atoms with Crippen molar-refractivity contribution in [1.29, 1.82) is 0 Å². The van der Waals surface area contributed by atoms with E-state index >= 15 is 0 Å². The predicted octanol–water partition coefficient (Wildman–Crippen LogP) is 2.95. The van der Waals surface area contributed by atoms with Gasteiger partial charge in [0.05, 0.1) is 6.61 Å². The molecule has 0 aliphatic heterocycles. The third-order valence-electron chi connectivity index (χ3n) is 1.44. The van der Waals surface area contributed by atoms with E-state index in [1.54, 1.807) is 6.08 Å². The van der Waals surface area contributed by atoms with Crippen LogP contribution in [0.4, 0.5) is 0 Å². The molecule has 1 N–H and O–H groups in total. The maximum atomic E-state index is 8.96. The Morgan fingerprint density at radius 1 is 1.50 bits per heavy atom. The Hall–Kier alpha value is -0.600. The molecule has 0 spiro atoms. The number of hydrogen-bond acceptors (Lipinski definition) is 1. The Morgan fingerprint density at radius 2 is 2.00 bits per heavy atom. The summed E-state index contributed by atoms with van der Waals surface area (Å²) in [5.41, 5.74) is 2.44. The number of aliphatic hydroxyl groups excluding tert-OH is 1. The third kappa shape index (κ3) is 2.80. The Kier molecular flexibility index (Phi) is 4.86. The standard InChI is InChI=1S/C10H13BrO/c1-5-9(6-12)10(7(2)3)8(4)11/h5,12H,1-2,4,6H2,3H3/b10-9+.